The molecule has 1 aromatic carbocycles. The summed E-state index contributed by atoms with van der Waals surface area (Å²) < 4.78 is 17.8. The normalized spacial score (nSPS) is 45.9. The number of carbonyl (C=O) groups is 2. The number of hydrogen-bond donors (Lipinski definition) is 1. The Labute approximate surface area is 254 Å². The van der Waals surface area contributed by atoms with Gasteiger partial charge in [0.25, 0.3) is 0 Å². The first-order valence-electron chi connectivity index (χ1n) is 16.5. The Morgan fingerprint density at radius 2 is 1.77 bits per heavy atom. The SMILES string of the molecule is COc1ccc(C(=O)C2=C[C@@]34C=C[C@@]25[C@@H]2CC[C@@]6(CN(C[C@H]7CCCO7)C(=O)O6)[C@@]2(C)CC[C@@H]5[C@@]3(C)CC[C@H](O)C4)cc1. The molecule has 7 nitrogen and oxygen atoms in total. The molecule has 2 heterocycles. The molecule has 0 unspecified atom stereocenters. The molecule has 1 N–H and O–H groups in total. The number of ketones is 1. The lowest BCUT2D eigenvalue weighted by Crippen LogP contribution is -2.67. The fourth-order valence-electron chi connectivity index (χ4n) is 11.5. The quantitative estimate of drug-likeness (QED) is 0.331. The summed E-state index contributed by atoms with van der Waals surface area (Å²) in [6.45, 7) is 6.74. The number of fused-ring (bicyclic) bond motifs is 2. The fraction of sp³-hybridized carbons (Fsp3) is 0.667. The molecule has 9 atom stereocenters. The number of aliphatic hydroxyl groups excluding tert-OH is 1. The van der Waals surface area contributed by atoms with Crippen LogP contribution in [0.15, 0.2) is 48.1 Å². The standard InChI is InChI=1S/C36H45NO6/c1-32-13-10-24(38)19-34(32)16-17-36(27(20-34)30(39)23-6-8-25(41-3)9-7-23)28(32)11-14-33(2)29(36)12-15-35(33)22-37(31(40)43-35)21-26-5-4-18-42-26/h6-9,16-17,20,24,26,28-29,38H,4-5,10-15,18-19,21-22H2,1-3H3/t24-,26+,28+,29+,32+,33-,34-,35+,36+/m0/s1. The van der Waals surface area contributed by atoms with E-state index < -0.39 is 11.0 Å². The molecule has 1 amide bonds. The molecule has 3 spiro atoms. The van der Waals surface area contributed by atoms with Crippen LogP contribution in [0.3, 0.4) is 0 Å². The lowest BCUT2D eigenvalue weighted by Gasteiger charge is -2.71. The second-order valence-corrected chi connectivity index (χ2v) is 15.2. The van der Waals surface area contributed by atoms with E-state index in [1.165, 1.54) is 0 Å². The van der Waals surface area contributed by atoms with Crippen molar-refractivity contribution in [1.29, 1.82) is 0 Å². The van der Waals surface area contributed by atoms with Gasteiger partial charge in [-0.05, 0) is 99.3 Å². The van der Waals surface area contributed by atoms with E-state index in [-0.39, 0.29) is 52.2 Å². The highest BCUT2D eigenvalue weighted by atomic mass is 16.6. The van der Waals surface area contributed by atoms with E-state index in [2.05, 4.69) is 32.1 Å². The Kier molecular flexibility index (Phi) is 5.96. The summed E-state index contributed by atoms with van der Waals surface area (Å²) in [6, 6.07) is 7.49. The number of ether oxygens (including phenoxy) is 3. The molecule has 9 rings (SSSR count). The van der Waals surface area contributed by atoms with Crippen molar-refractivity contribution >= 4 is 11.9 Å². The summed E-state index contributed by atoms with van der Waals surface area (Å²) in [6.07, 6.45) is 14.7. The summed E-state index contributed by atoms with van der Waals surface area (Å²) in [7, 11) is 1.64. The molecule has 230 valence electrons. The van der Waals surface area contributed by atoms with E-state index in [0.717, 1.165) is 69.3 Å². The average molecular weight is 588 g/mol. The second kappa shape index (κ2) is 9.20. The first-order valence-corrected chi connectivity index (χ1v) is 16.5. The van der Waals surface area contributed by atoms with Crippen molar-refractivity contribution < 1.29 is 28.9 Å². The van der Waals surface area contributed by atoms with Crippen LogP contribution in [0, 0.1) is 33.5 Å². The minimum Gasteiger partial charge on any atom is -0.497 e. The summed E-state index contributed by atoms with van der Waals surface area (Å²) in [5.74, 6) is 1.26. The second-order valence-electron chi connectivity index (χ2n) is 15.2. The minimum absolute atomic E-state index is 0.0417. The van der Waals surface area contributed by atoms with Gasteiger partial charge in [-0.3, -0.25) is 4.79 Å². The zero-order valence-electron chi connectivity index (χ0n) is 25.8. The lowest BCUT2D eigenvalue weighted by atomic mass is 9.32. The maximum Gasteiger partial charge on any atom is 0.410 e. The Balaban J connectivity index is 1.22. The zero-order valence-corrected chi connectivity index (χ0v) is 25.8. The third-order valence-electron chi connectivity index (χ3n) is 13.7. The highest BCUT2D eigenvalue weighted by Gasteiger charge is 2.76. The molecular formula is C36H45NO6. The smallest absolute Gasteiger partial charge is 0.410 e. The summed E-state index contributed by atoms with van der Waals surface area (Å²) >= 11 is 0. The van der Waals surface area contributed by atoms with Crippen LogP contribution in [0.25, 0.3) is 0 Å². The van der Waals surface area contributed by atoms with Crippen LogP contribution < -0.4 is 4.74 Å². The topological polar surface area (TPSA) is 85.3 Å². The number of benzene rings is 1. The zero-order chi connectivity index (χ0) is 29.8. The third kappa shape index (κ3) is 3.50. The van der Waals surface area contributed by atoms with Crippen molar-refractivity contribution in [2.75, 3.05) is 26.8 Å². The van der Waals surface area contributed by atoms with Crippen LogP contribution in [0.1, 0.15) is 82.0 Å². The van der Waals surface area contributed by atoms with Crippen molar-refractivity contribution in [2.24, 2.45) is 33.5 Å². The van der Waals surface area contributed by atoms with E-state index in [0.29, 0.717) is 25.1 Å². The lowest BCUT2D eigenvalue weighted by molar-refractivity contribution is -0.164. The molecule has 2 saturated heterocycles. The first-order chi connectivity index (χ1) is 20.6. The Morgan fingerprint density at radius 3 is 2.51 bits per heavy atom. The van der Waals surface area contributed by atoms with Crippen LogP contribution in [-0.2, 0) is 9.47 Å². The summed E-state index contributed by atoms with van der Waals surface area (Å²) in [5, 5.41) is 10.9. The summed E-state index contributed by atoms with van der Waals surface area (Å²) in [5.41, 5.74) is -0.0892. The molecule has 2 bridgehead atoms. The minimum atomic E-state index is -0.565. The number of Topliss-reactive ketones (excluding diaryl/α,β-unsaturated/α-hetero) is 1. The number of hydrogen-bond acceptors (Lipinski definition) is 6. The molecule has 5 fully saturated rings. The molecule has 7 heteroatoms. The number of aliphatic hydroxyl groups is 1. The van der Waals surface area contributed by atoms with Crippen molar-refractivity contribution in [2.45, 2.75) is 89.4 Å². The molecule has 8 aliphatic rings. The van der Waals surface area contributed by atoms with Crippen molar-refractivity contribution in [3.63, 3.8) is 0 Å². The highest BCUT2D eigenvalue weighted by Crippen LogP contribution is 2.79. The maximum absolute atomic E-state index is 14.7. The highest BCUT2D eigenvalue weighted by molar-refractivity contribution is 6.10. The van der Waals surface area contributed by atoms with Crippen molar-refractivity contribution in [1.82, 2.24) is 4.90 Å². The van der Waals surface area contributed by atoms with Crippen LogP contribution in [0.2, 0.25) is 0 Å². The van der Waals surface area contributed by atoms with Gasteiger partial charge in [0.2, 0.25) is 0 Å². The Bertz CT molecular complexity index is 1410. The number of carbonyl (C=O) groups excluding carboxylic acids is 2. The fourth-order valence-corrected chi connectivity index (χ4v) is 11.5. The predicted octanol–water partition coefficient (Wildman–Crippen LogP) is 6.11. The van der Waals surface area contributed by atoms with Crippen LogP contribution in [0.5, 0.6) is 5.75 Å². The van der Waals surface area contributed by atoms with E-state index in [1.807, 2.05) is 29.2 Å². The van der Waals surface area contributed by atoms with Gasteiger partial charge in [0, 0.05) is 34.0 Å². The van der Waals surface area contributed by atoms with Gasteiger partial charge < -0.3 is 24.2 Å². The molecule has 0 radical (unpaired) electrons. The number of amides is 1. The Hall–Kier alpha value is -2.64. The van der Waals surface area contributed by atoms with Gasteiger partial charge in [0.05, 0.1) is 32.4 Å². The molecule has 0 aromatic heterocycles. The van der Waals surface area contributed by atoms with Gasteiger partial charge in [-0.1, -0.05) is 32.1 Å². The summed E-state index contributed by atoms with van der Waals surface area (Å²) in [4.78, 5) is 30.0. The van der Waals surface area contributed by atoms with Gasteiger partial charge in [-0.15, -0.1) is 0 Å². The largest absolute Gasteiger partial charge is 0.497 e. The number of nitrogens with zero attached hydrogens (tertiary/aromatic N) is 1. The van der Waals surface area contributed by atoms with Crippen molar-refractivity contribution in [3.05, 3.63) is 53.6 Å². The molecule has 43 heavy (non-hydrogen) atoms. The van der Waals surface area contributed by atoms with Crippen LogP contribution in [-0.4, -0.2) is 66.5 Å². The number of allylic oxidation sites excluding steroid dienone is 4. The maximum atomic E-state index is 14.7. The van der Waals surface area contributed by atoms with Gasteiger partial charge >= 0.3 is 6.09 Å². The van der Waals surface area contributed by atoms with E-state index in [1.54, 1.807) is 7.11 Å². The monoisotopic (exact) mass is 587 g/mol. The molecule has 1 aromatic rings. The molecule has 6 aliphatic carbocycles. The molecule has 3 saturated carbocycles. The van der Waals surface area contributed by atoms with E-state index in [4.69, 9.17) is 14.2 Å². The Morgan fingerprint density at radius 1 is 1.02 bits per heavy atom. The van der Waals surface area contributed by atoms with E-state index >= 15 is 0 Å². The number of methoxy groups -OCH3 is 1. The molecule has 2 aliphatic heterocycles. The first kappa shape index (κ1) is 27.9. The predicted molar refractivity (Wildman–Crippen MR) is 161 cm³/mol. The van der Waals surface area contributed by atoms with Crippen LogP contribution in [0.4, 0.5) is 4.79 Å². The van der Waals surface area contributed by atoms with Gasteiger partial charge in [0.1, 0.15) is 11.4 Å². The van der Waals surface area contributed by atoms with E-state index in [9.17, 15) is 14.7 Å². The van der Waals surface area contributed by atoms with Gasteiger partial charge in [-0.25, -0.2) is 4.79 Å². The number of rotatable bonds is 5. The molecular weight excluding hydrogens is 542 g/mol. The average Bonchev–Trinajstić information content (AvgIpc) is 3.71. The van der Waals surface area contributed by atoms with Crippen LogP contribution >= 0.6 is 0 Å². The van der Waals surface area contributed by atoms with Gasteiger partial charge in [0.15, 0.2) is 5.78 Å². The van der Waals surface area contributed by atoms with Crippen molar-refractivity contribution in [3.8, 4) is 5.75 Å². The van der Waals surface area contributed by atoms with Gasteiger partial charge in [-0.2, -0.15) is 0 Å². The third-order valence-corrected chi connectivity index (χ3v) is 13.7.